The molecule has 5 N–H and O–H groups in total. The summed E-state index contributed by atoms with van der Waals surface area (Å²) in [6, 6.07) is 1.64. The van der Waals surface area contributed by atoms with Crippen LogP contribution < -0.4 is 11.1 Å². The van der Waals surface area contributed by atoms with Gasteiger partial charge in [0.2, 0.25) is 0 Å². The van der Waals surface area contributed by atoms with Gasteiger partial charge in [0.15, 0.2) is 6.29 Å². The van der Waals surface area contributed by atoms with E-state index in [2.05, 4.69) is 53.1 Å². The molecule has 1 aliphatic heterocycles. The molecule has 152 valence electrons. The molecule has 0 aromatic carbocycles. The van der Waals surface area contributed by atoms with Gasteiger partial charge in [0.25, 0.3) is 0 Å². The third-order valence-electron chi connectivity index (χ3n) is 4.28. The second-order valence-corrected chi connectivity index (χ2v) is 7.09. The van der Waals surface area contributed by atoms with Gasteiger partial charge in [-0.1, -0.05) is 0 Å². The van der Waals surface area contributed by atoms with Gasteiger partial charge in [-0.3, -0.25) is 4.79 Å². The normalized spacial score (nSPS) is 14.1. The zero-order chi connectivity index (χ0) is 20.8. The van der Waals surface area contributed by atoms with Gasteiger partial charge in [-0.15, -0.1) is 0 Å². The van der Waals surface area contributed by atoms with Gasteiger partial charge in [-0.2, -0.15) is 0 Å². The molecule has 0 aliphatic carbocycles. The van der Waals surface area contributed by atoms with Crippen LogP contribution in [0.25, 0.3) is 11.0 Å². The van der Waals surface area contributed by atoms with Gasteiger partial charge in [-0.05, 0) is 29.0 Å². The van der Waals surface area contributed by atoms with Crippen LogP contribution >= 0.6 is 15.9 Å². The minimum absolute atomic E-state index is 0.379. The van der Waals surface area contributed by atoms with E-state index in [1.807, 2.05) is 0 Å². The van der Waals surface area contributed by atoms with E-state index in [0.29, 0.717) is 50.4 Å². The van der Waals surface area contributed by atoms with Crippen LogP contribution in [0.2, 0.25) is 0 Å². The number of aromatic amines is 1. The molecular formula is C18H21BrN8O2. The minimum atomic E-state index is 0.379. The zero-order valence-corrected chi connectivity index (χ0v) is 17.4. The van der Waals surface area contributed by atoms with Crippen molar-refractivity contribution in [2.45, 2.75) is 0 Å². The van der Waals surface area contributed by atoms with E-state index in [-0.39, 0.29) is 0 Å². The number of ether oxygens (including phenoxy) is 1. The van der Waals surface area contributed by atoms with Crippen molar-refractivity contribution >= 4 is 56.8 Å². The van der Waals surface area contributed by atoms with Crippen molar-refractivity contribution in [1.29, 1.82) is 5.41 Å². The minimum Gasteiger partial charge on any atom is -0.397 e. The molecule has 4 rings (SSSR count). The molecular weight excluding hydrogens is 440 g/mol. The Morgan fingerprint density at radius 2 is 2.10 bits per heavy atom. The molecule has 0 bridgehead atoms. The molecule has 10 nitrogen and oxygen atoms in total. The molecule has 1 saturated heterocycles. The molecule has 0 radical (unpaired) electrons. The molecule has 4 heterocycles. The summed E-state index contributed by atoms with van der Waals surface area (Å²) in [5.74, 6) is 0.961. The number of nitrogens with zero attached hydrogens (tertiary/aromatic N) is 4. The number of morpholine rings is 1. The first-order valence-electron chi connectivity index (χ1n) is 8.80. The van der Waals surface area contributed by atoms with Crippen molar-refractivity contribution in [3.05, 3.63) is 34.3 Å². The largest absolute Gasteiger partial charge is 0.397 e. The van der Waals surface area contributed by atoms with Gasteiger partial charge >= 0.3 is 0 Å². The van der Waals surface area contributed by atoms with E-state index >= 15 is 0 Å². The third kappa shape index (κ3) is 4.94. The van der Waals surface area contributed by atoms with E-state index in [9.17, 15) is 4.79 Å². The summed E-state index contributed by atoms with van der Waals surface area (Å²) < 4.78 is 5.67. The van der Waals surface area contributed by atoms with Crippen LogP contribution in [-0.4, -0.2) is 70.7 Å². The number of hydrogen-bond donors (Lipinski definition) is 4. The maximum atomic E-state index is 11.0. The Bertz CT molecular complexity index is 1020. The van der Waals surface area contributed by atoms with Gasteiger partial charge < -0.3 is 31.1 Å². The quantitative estimate of drug-likeness (QED) is 0.342. The Morgan fingerprint density at radius 1 is 1.34 bits per heavy atom. The maximum Gasteiger partial charge on any atom is 0.167 e. The number of likely N-dealkylation sites (N-methyl/N-ethyl adjacent to an activating group) is 1. The highest BCUT2D eigenvalue weighted by molar-refractivity contribution is 9.10. The highest BCUT2D eigenvalue weighted by Gasteiger charge is 2.15. The van der Waals surface area contributed by atoms with Crippen LogP contribution in [0.5, 0.6) is 0 Å². The number of anilines is 3. The van der Waals surface area contributed by atoms with Crippen molar-refractivity contribution in [1.82, 2.24) is 24.8 Å². The summed E-state index contributed by atoms with van der Waals surface area (Å²) in [4.78, 5) is 28.6. The first kappa shape index (κ1) is 20.8. The molecule has 1 aliphatic rings. The molecule has 0 atom stereocenters. The van der Waals surface area contributed by atoms with Crippen LogP contribution in [0.3, 0.4) is 0 Å². The first-order valence-corrected chi connectivity index (χ1v) is 9.59. The molecule has 0 spiro atoms. The SMILES string of the molecule is CN1CCOCC1.N=Cc1cc(Nc2ncnc3[nH]c(C=O)c(Br)c23)ncc1N. The number of aromatic nitrogens is 4. The third-order valence-corrected chi connectivity index (χ3v) is 5.10. The summed E-state index contributed by atoms with van der Waals surface area (Å²) in [7, 11) is 2.11. The number of aldehydes is 1. The zero-order valence-electron chi connectivity index (χ0n) is 15.8. The molecule has 3 aromatic rings. The Morgan fingerprint density at radius 3 is 2.72 bits per heavy atom. The predicted octanol–water partition coefficient (Wildman–Crippen LogP) is 2.20. The lowest BCUT2D eigenvalue weighted by atomic mass is 10.2. The molecule has 29 heavy (non-hydrogen) atoms. The number of pyridine rings is 1. The summed E-state index contributed by atoms with van der Waals surface area (Å²) in [6.45, 7) is 4.02. The summed E-state index contributed by atoms with van der Waals surface area (Å²) in [6.07, 6.45) is 4.68. The average Bonchev–Trinajstić information content (AvgIpc) is 3.07. The van der Waals surface area contributed by atoms with Crippen molar-refractivity contribution in [3.8, 4) is 0 Å². The topological polar surface area (TPSA) is 146 Å². The summed E-state index contributed by atoms with van der Waals surface area (Å²) in [5.41, 5.74) is 7.57. The highest BCUT2D eigenvalue weighted by atomic mass is 79.9. The molecule has 11 heteroatoms. The van der Waals surface area contributed by atoms with Crippen molar-refractivity contribution < 1.29 is 9.53 Å². The Labute approximate surface area is 175 Å². The lowest BCUT2D eigenvalue weighted by Gasteiger charge is -2.21. The molecule has 0 amide bonds. The fourth-order valence-electron chi connectivity index (χ4n) is 2.63. The van der Waals surface area contributed by atoms with Crippen molar-refractivity contribution in [2.75, 3.05) is 44.4 Å². The number of carbonyl (C=O) groups excluding carboxylic acids is 1. The predicted molar refractivity (Wildman–Crippen MR) is 115 cm³/mol. The molecule has 0 saturated carbocycles. The molecule has 3 aromatic heterocycles. The Kier molecular flexibility index (Phi) is 6.86. The monoisotopic (exact) mass is 460 g/mol. The highest BCUT2D eigenvalue weighted by Crippen LogP contribution is 2.31. The van der Waals surface area contributed by atoms with Crippen LogP contribution in [0.1, 0.15) is 16.1 Å². The second kappa shape index (κ2) is 9.54. The van der Waals surface area contributed by atoms with Crippen LogP contribution in [0.4, 0.5) is 17.3 Å². The number of hydrogen-bond acceptors (Lipinski definition) is 9. The van der Waals surface area contributed by atoms with Crippen molar-refractivity contribution in [2.24, 2.45) is 0 Å². The smallest absolute Gasteiger partial charge is 0.167 e. The van der Waals surface area contributed by atoms with Gasteiger partial charge in [0.1, 0.15) is 23.6 Å². The number of rotatable bonds is 4. The molecule has 1 fully saturated rings. The summed E-state index contributed by atoms with van der Waals surface area (Å²) >= 11 is 3.36. The molecule has 0 unspecified atom stereocenters. The van der Waals surface area contributed by atoms with Gasteiger partial charge in [0.05, 0.1) is 40.7 Å². The number of carbonyl (C=O) groups is 1. The van der Waals surface area contributed by atoms with Gasteiger partial charge in [0, 0.05) is 24.9 Å². The van der Waals surface area contributed by atoms with Crippen molar-refractivity contribution in [3.63, 3.8) is 0 Å². The van der Waals surface area contributed by atoms with Crippen LogP contribution in [-0.2, 0) is 4.74 Å². The van der Waals surface area contributed by atoms with E-state index < -0.39 is 0 Å². The summed E-state index contributed by atoms with van der Waals surface area (Å²) in [5, 5.41) is 11.0. The maximum absolute atomic E-state index is 11.0. The fraction of sp³-hybridized carbons (Fsp3) is 0.278. The van der Waals surface area contributed by atoms with E-state index in [4.69, 9.17) is 15.9 Å². The van der Waals surface area contributed by atoms with Crippen LogP contribution in [0, 0.1) is 5.41 Å². The van der Waals surface area contributed by atoms with E-state index in [1.54, 1.807) is 6.07 Å². The number of nitrogen functional groups attached to an aromatic ring is 1. The lowest BCUT2D eigenvalue weighted by Crippen LogP contribution is -2.32. The van der Waals surface area contributed by atoms with E-state index in [0.717, 1.165) is 32.5 Å². The second-order valence-electron chi connectivity index (χ2n) is 6.30. The number of fused-ring (bicyclic) bond motifs is 1. The van der Waals surface area contributed by atoms with E-state index in [1.165, 1.54) is 12.5 Å². The lowest BCUT2D eigenvalue weighted by molar-refractivity contribution is 0.0503. The fourth-order valence-corrected chi connectivity index (χ4v) is 3.20. The number of nitrogens with one attached hydrogen (secondary N) is 3. The average molecular weight is 461 g/mol. The number of nitrogens with two attached hydrogens (primary N) is 1. The van der Waals surface area contributed by atoms with Crippen LogP contribution in [0.15, 0.2) is 23.1 Å². The Balaban J connectivity index is 0.000000290. The standard InChI is InChI=1S/C13H10BrN7O.C5H11NO/c14-11-8(4-22)20-12-10(11)13(19-5-18-12)21-9-1-6(2-15)7(16)3-17-9;1-6-2-4-7-5-3-6/h1-5,15H,16H2,(H2,17,18,19,20,21);2-5H2,1H3. The first-order chi connectivity index (χ1) is 14.0. The van der Waals surface area contributed by atoms with Gasteiger partial charge in [-0.25, -0.2) is 15.0 Å². The number of H-pyrrole nitrogens is 1. The number of halogens is 1. The Hall–Kier alpha value is -2.89.